The van der Waals surface area contributed by atoms with Gasteiger partial charge in [0, 0.05) is 96.5 Å². The van der Waals surface area contributed by atoms with Crippen LogP contribution in [0.3, 0.4) is 0 Å². The number of nitrogens with two attached hydrogens (primary N) is 3. The molecule has 9 N–H and O–H groups in total. The minimum atomic E-state index is -0.578. The van der Waals surface area contributed by atoms with Crippen molar-refractivity contribution < 1.29 is 27.6 Å². The number of rotatable bonds is 15. The van der Waals surface area contributed by atoms with Gasteiger partial charge in [-0.1, -0.05) is 35.3 Å². The van der Waals surface area contributed by atoms with Crippen LogP contribution >= 0.6 is 57.2 Å². The molecule has 2 aliphatic heterocycles. The van der Waals surface area contributed by atoms with E-state index in [1.54, 1.807) is 18.3 Å². The lowest BCUT2D eigenvalue weighted by Gasteiger charge is -2.29. The van der Waals surface area contributed by atoms with Crippen LogP contribution < -0.4 is 43.0 Å². The molecule has 10 aromatic rings. The van der Waals surface area contributed by atoms with Gasteiger partial charge in [0.2, 0.25) is 0 Å². The summed E-state index contributed by atoms with van der Waals surface area (Å²) in [5, 5.41) is 16.4. The SMILES string of the molecule is Cc1ccc2c(N)c(C(=O)NCCc3c(F)cc(N4CCCCC4)cc3F)sc2n1.Cc1ccc2c(N)c(C(=O)NCCc3ccc(-n4ncc5c4CCC5)cc3F)sc2n1.Nc1c(C(=O)NCCc2ccc(N3CCCCC3)c(Cl)c2)sc2ncc(Cl)cc12. The van der Waals surface area contributed by atoms with Gasteiger partial charge in [-0.25, -0.2) is 32.8 Å². The first-order chi connectivity index (χ1) is 43.5. The second-order valence-corrected chi connectivity index (χ2v) is 26.4. The van der Waals surface area contributed by atoms with Crippen molar-refractivity contribution in [2.24, 2.45) is 0 Å². The highest BCUT2D eigenvalue weighted by Crippen LogP contribution is 2.37. The number of nitrogens with zero attached hydrogens (tertiary/aromatic N) is 7. The molecule has 0 saturated carbocycles. The third kappa shape index (κ3) is 14.4. The normalized spacial score (nSPS) is 13.9. The number of amides is 3. The van der Waals surface area contributed by atoms with Gasteiger partial charge in [0.05, 0.1) is 44.7 Å². The van der Waals surface area contributed by atoms with Crippen molar-refractivity contribution in [3.63, 3.8) is 0 Å². The van der Waals surface area contributed by atoms with Crippen LogP contribution in [0.5, 0.6) is 0 Å². The summed E-state index contributed by atoms with van der Waals surface area (Å²) in [5.74, 6) is -2.27. The van der Waals surface area contributed by atoms with Gasteiger partial charge < -0.3 is 43.0 Å². The lowest BCUT2D eigenvalue weighted by molar-refractivity contribution is 0.0950. The number of piperidine rings is 2. The fourth-order valence-electron chi connectivity index (χ4n) is 11.5. The van der Waals surface area contributed by atoms with Crippen molar-refractivity contribution in [1.29, 1.82) is 0 Å². The molecular weight excluding hydrogens is 1250 g/mol. The molecule has 7 aromatic heterocycles. The zero-order chi connectivity index (χ0) is 63.2. The number of aromatic nitrogens is 5. The molecule has 1 aliphatic carbocycles. The van der Waals surface area contributed by atoms with Crippen molar-refractivity contribution in [1.82, 2.24) is 40.7 Å². The smallest absolute Gasteiger partial charge is 0.263 e. The molecule has 0 spiro atoms. The van der Waals surface area contributed by atoms with Crippen LogP contribution in [0.2, 0.25) is 10.0 Å². The summed E-state index contributed by atoms with van der Waals surface area (Å²) >= 11 is 16.3. The first kappa shape index (κ1) is 63.5. The molecule has 0 atom stereocenters. The standard InChI is InChI=1S/C23H22FN5OS.C22H24F2N4OS.C21H22Cl2N4OS/c1-13-5-8-17-20(25)21(31-23(17)28-13)22(30)26-10-9-14-6-7-16(11-18(14)24)29-19-4-2-3-15(19)12-27-29;1-13-5-6-16-19(25)20(30-22(16)27-13)21(29)26-8-7-15-17(23)11-14(12-18(15)24)28-9-3-2-4-10-28;22-14-11-15-18(24)19(29-21(15)26-12-14)20(28)25-7-6-13-4-5-17(16(23)10-13)27-8-2-1-3-9-27/h5-8,11-12H,2-4,9-10,25H2,1H3,(H,26,30);5-6,11-12H,2-4,7-10,25H2,1H3,(H,26,29);4-5,10-12H,1-3,6-9,24H2,(H,25,28). The minimum absolute atomic E-state index is 0.0161. The largest absolute Gasteiger partial charge is 0.397 e. The zero-order valence-electron chi connectivity index (χ0n) is 49.8. The van der Waals surface area contributed by atoms with Gasteiger partial charge in [-0.2, -0.15) is 5.10 Å². The number of nitrogen functional groups attached to an aromatic ring is 3. The van der Waals surface area contributed by atoms with E-state index >= 15 is 0 Å². The highest BCUT2D eigenvalue weighted by Gasteiger charge is 2.24. The molecule has 3 amide bonds. The van der Waals surface area contributed by atoms with Crippen molar-refractivity contribution in [2.45, 2.75) is 90.9 Å². The minimum Gasteiger partial charge on any atom is -0.397 e. The number of thiophene rings is 3. The van der Waals surface area contributed by atoms with Gasteiger partial charge in [-0.3, -0.25) is 14.4 Å². The molecule has 468 valence electrons. The molecule has 0 unspecified atom stereocenters. The van der Waals surface area contributed by atoms with E-state index in [4.69, 9.17) is 40.4 Å². The van der Waals surface area contributed by atoms with Crippen molar-refractivity contribution in [3.05, 3.63) is 173 Å². The van der Waals surface area contributed by atoms with Gasteiger partial charge in [0.1, 0.15) is 46.6 Å². The lowest BCUT2D eigenvalue weighted by Crippen LogP contribution is -2.30. The van der Waals surface area contributed by atoms with Gasteiger partial charge in [-0.15, -0.1) is 34.0 Å². The number of nitrogens with one attached hydrogen (secondary N) is 3. The third-order valence-electron chi connectivity index (χ3n) is 16.3. The Balaban J connectivity index is 0.000000139. The molecule has 3 aromatic carbocycles. The van der Waals surface area contributed by atoms with E-state index in [9.17, 15) is 27.6 Å². The van der Waals surface area contributed by atoms with E-state index < -0.39 is 11.6 Å². The molecule has 9 heterocycles. The summed E-state index contributed by atoms with van der Waals surface area (Å²) in [6.07, 6.45) is 14.6. The summed E-state index contributed by atoms with van der Waals surface area (Å²) in [5.41, 5.74) is 27.8. The molecule has 3 aliphatic rings. The van der Waals surface area contributed by atoms with Gasteiger partial charge in [0.25, 0.3) is 17.7 Å². The van der Waals surface area contributed by atoms with Gasteiger partial charge in [0.15, 0.2) is 0 Å². The summed E-state index contributed by atoms with van der Waals surface area (Å²) < 4.78 is 45.6. The first-order valence-electron chi connectivity index (χ1n) is 30.1. The topological polar surface area (TPSA) is 228 Å². The summed E-state index contributed by atoms with van der Waals surface area (Å²) in [7, 11) is 0. The Morgan fingerprint density at radius 1 is 0.556 bits per heavy atom. The van der Waals surface area contributed by atoms with Crippen LogP contribution in [0.25, 0.3) is 36.3 Å². The summed E-state index contributed by atoms with van der Waals surface area (Å²) in [4.78, 5) is 58.5. The average Bonchev–Trinajstić information content (AvgIpc) is 1.83. The van der Waals surface area contributed by atoms with E-state index in [0.717, 1.165) is 114 Å². The summed E-state index contributed by atoms with van der Waals surface area (Å²) in [6, 6.07) is 23.3. The molecular formula is C66H68Cl2F3N13O3S3. The van der Waals surface area contributed by atoms with E-state index in [0.29, 0.717) is 88.9 Å². The Hall–Kier alpha value is -8.02. The molecule has 24 heteroatoms. The molecule has 90 heavy (non-hydrogen) atoms. The van der Waals surface area contributed by atoms with Crippen LogP contribution in [0.1, 0.15) is 113 Å². The Labute approximate surface area is 541 Å². The van der Waals surface area contributed by atoms with E-state index in [-0.39, 0.29) is 42.1 Å². The van der Waals surface area contributed by atoms with Crippen LogP contribution in [0.15, 0.2) is 91.3 Å². The molecule has 2 saturated heterocycles. The molecule has 13 rings (SSSR count). The predicted molar refractivity (Wildman–Crippen MR) is 360 cm³/mol. The highest BCUT2D eigenvalue weighted by atomic mass is 35.5. The Kier molecular flexibility index (Phi) is 20.1. The number of anilines is 5. The quantitative estimate of drug-likeness (QED) is 0.0563. The second kappa shape index (κ2) is 28.4. The lowest BCUT2D eigenvalue weighted by atomic mass is 10.1. The number of benzene rings is 3. The maximum atomic E-state index is 14.7. The molecule has 0 radical (unpaired) electrons. The van der Waals surface area contributed by atoms with Gasteiger partial charge in [-0.05, 0) is 174 Å². The van der Waals surface area contributed by atoms with Crippen molar-refractivity contribution in [2.75, 3.05) is 72.8 Å². The number of halogens is 5. The monoisotopic (exact) mass is 1310 g/mol. The first-order valence-corrected chi connectivity index (χ1v) is 33.3. The maximum Gasteiger partial charge on any atom is 0.263 e. The zero-order valence-corrected chi connectivity index (χ0v) is 53.8. The van der Waals surface area contributed by atoms with Crippen LogP contribution in [-0.2, 0) is 32.1 Å². The number of pyridine rings is 3. The van der Waals surface area contributed by atoms with Gasteiger partial charge >= 0.3 is 0 Å². The Morgan fingerprint density at radius 3 is 1.69 bits per heavy atom. The van der Waals surface area contributed by atoms with Crippen LogP contribution in [0.4, 0.5) is 41.6 Å². The van der Waals surface area contributed by atoms with Crippen molar-refractivity contribution in [3.8, 4) is 5.69 Å². The van der Waals surface area contributed by atoms with Crippen LogP contribution in [-0.4, -0.2) is 88.3 Å². The maximum absolute atomic E-state index is 14.7. The van der Waals surface area contributed by atoms with Crippen LogP contribution in [0, 0.1) is 31.3 Å². The number of carbonyl (C=O) groups is 3. The second-order valence-electron chi connectivity index (χ2n) is 22.6. The predicted octanol–water partition coefficient (Wildman–Crippen LogP) is 13.5. The number of hydrogen-bond donors (Lipinski definition) is 6. The Morgan fingerprint density at radius 2 is 1.10 bits per heavy atom. The number of aryl methyl sites for hydroxylation is 3. The van der Waals surface area contributed by atoms with E-state index in [1.807, 2.05) is 66.0 Å². The molecule has 16 nitrogen and oxygen atoms in total. The number of hydrogen-bond acceptors (Lipinski definition) is 15. The van der Waals surface area contributed by atoms with E-state index in [2.05, 4.69) is 53.0 Å². The fraction of sp³-hybridized carbons (Fsp3) is 0.318. The molecule has 0 bridgehead atoms. The summed E-state index contributed by atoms with van der Waals surface area (Å²) in [6.45, 7) is 8.45. The average molecular weight is 1320 g/mol. The van der Waals surface area contributed by atoms with E-state index in [1.165, 1.54) is 82.7 Å². The molecule has 2 fully saturated rings. The highest BCUT2D eigenvalue weighted by molar-refractivity contribution is 7.22. The Bertz CT molecular complexity index is 4290. The fourth-order valence-corrected chi connectivity index (χ4v) is 15.1. The van der Waals surface area contributed by atoms with Crippen molar-refractivity contribution >= 4 is 134 Å². The third-order valence-corrected chi connectivity index (χ3v) is 20.2. The number of fused-ring (bicyclic) bond motifs is 4. The number of carbonyl (C=O) groups excluding carboxylic acids is 3.